The van der Waals surface area contributed by atoms with E-state index < -0.39 is 30.3 Å². The predicted octanol–water partition coefficient (Wildman–Crippen LogP) is -0.842. The standard InChI is InChI=1S/C14H24O8/c1-3-12(17)21-7-5-4-6-20-8-11(16)9-22-14(19)13(18)10(2)15/h3,10-11,13,15-16,18H,1,4-9H2,2H3. The molecule has 0 spiro atoms. The largest absolute Gasteiger partial charge is 0.463 e. The monoisotopic (exact) mass is 320 g/mol. The molecule has 0 aromatic carbocycles. The molecule has 128 valence electrons. The first-order chi connectivity index (χ1) is 10.4. The van der Waals surface area contributed by atoms with Gasteiger partial charge in [-0.05, 0) is 19.8 Å². The summed E-state index contributed by atoms with van der Waals surface area (Å²) in [6, 6.07) is 0. The van der Waals surface area contributed by atoms with E-state index in [1.807, 2.05) is 0 Å². The maximum Gasteiger partial charge on any atom is 0.337 e. The molecule has 3 unspecified atom stereocenters. The van der Waals surface area contributed by atoms with Gasteiger partial charge in [0.25, 0.3) is 0 Å². The number of carbonyl (C=O) groups is 2. The molecule has 0 saturated heterocycles. The number of unbranched alkanes of at least 4 members (excludes halogenated alkanes) is 1. The molecule has 0 radical (unpaired) electrons. The number of esters is 2. The van der Waals surface area contributed by atoms with Gasteiger partial charge in [-0.25, -0.2) is 9.59 Å². The second-order valence-corrected chi connectivity index (χ2v) is 4.62. The fraction of sp³-hybridized carbons (Fsp3) is 0.714. The zero-order valence-corrected chi connectivity index (χ0v) is 12.6. The average Bonchev–Trinajstić information content (AvgIpc) is 2.50. The molecule has 8 nitrogen and oxygen atoms in total. The van der Waals surface area contributed by atoms with Crippen LogP contribution in [0.5, 0.6) is 0 Å². The first-order valence-electron chi connectivity index (χ1n) is 6.96. The van der Waals surface area contributed by atoms with Gasteiger partial charge in [0, 0.05) is 12.7 Å². The van der Waals surface area contributed by atoms with Crippen molar-refractivity contribution in [2.75, 3.05) is 26.4 Å². The van der Waals surface area contributed by atoms with Crippen molar-refractivity contribution in [3.05, 3.63) is 12.7 Å². The molecular formula is C14H24O8. The van der Waals surface area contributed by atoms with Crippen molar-refractivity contribution in [2.24, 2.45) is 0 Å². The van der Waals surface area contributed by atoms with E-state index in [9.17, 15) is 19.8 Å². The summed E-state index contributed by atoms with van der Waals surface area (Å²) in [7, 11) is 0. The summed E-state index contributed by atoms with van der Waals surface area (Å²) in [6.45, 7) is 4.77. The highest BCUT2D eigenvalue weighted by Gasteiger charge is 2.22. The Labute approximate surface area is 129 Å². The van der Waals surface area contributed by atoms with Crippen molar-refractivity contribution >= 4 is 11.9 Å². The summed E-state index contributed by atoms with van der Waals surface area (Å²) in [5.41, 5.74) is 0. The fourth-order valence-electron chi connectivity index (χ4n) is 1.27. The van der Waals surface area contributed by atoms with Crippen LogP contribution in [0.25, 0.3) is 0 Å². The van der Waals surface area contributed by atoms with E-state index in [-0.39, 0.29) is 19.8 Å². The molecule has 0 aromatic rings. The van der Waals surface area contributed by atoms with Crippen LogP contribution in [0.15, 0.2) is 12.7 Å². The number of carbonyl (C=O) groups excluding carboxylic acids is 2. The molecule has 0 heterocycles. The molecule has 0 fully saturated rings. The van der Waals surface area contributed by atoms with Gasteiger partial charge in [0.1, 0.15) is 12.7 Å². The highest BCUT2D eigenvalue weighted by atomic mass is 16.6. The zero-order chi connectivity index (χ0) is 17.0. The van der Waals surface area contributed by atoms with Crippen molar-refractivity contribution in [3.8, 4) is 0 Å². The normalized spacial score (nSPS) is 14.7. The smallest absolute Gasteiger partial charge is 0.337 e. The van der Waals surface area contributed by atoms with Crippen molar-refractivity contribution in [1.82, 2.24) is 0 Å². The Morgan fingerprint density at radius 3 is 2.32 bits per heavy atom. The lowest BCUT2D eigenvalue weighted by Gasteiger charge is -2.15. The zero-order valence-electron chi connectivity index (χ0n) is 12.6. The Balaban J connectivity index is 3.54. The lowest BCUT2D eigenvalue weighted by Crippen LogP contribution is -2.35. The number of hydrogen-bond acceptors (Lipinski definition) is 8. The molecule has 0 aliphatic rings. The van der Waals surface area contributed by atoms with E-state index in [1.54, 1.807) is 0 Å². The summed E-state index contributed by atoms with van der Waals surface area (Å²) in [6.07, 6.45) is -1.56. The molecule has 0 aliphatic heterocycles. The third-order valence-corrected chi connectivity index (χ3v) is 2.52. The van der Waals surface area contributed by atoms with Gasteiger partial charge in [0.2, 0.25) is 0 Å². The average molecular weight is 320 g/mol. The minimum Gasteiger partial charge on any atom is -0.463 e. The molecule has 0 aromatic heterocycles. The number of aliphatic hydroxyl groups excluding tert-OH is 3. The summed E-state index contributed by atoms with van der Waals surface area (Å²) >= 11 is 0. The molecule has 3 N–H and O–H groups in total. The van der Waals surface area contributed by atoms with Gasteiger partial charge in [-0.3, -0.25) is 0 Å². The molecule has 0 amide bonds. The molecule has 3 atom stereocenters. The van der Waals surface area contributed by atoms with E-state index >= 15 is 0 Å². The third kappa shape index (κ3) is 10.3. The molecule has 0 aliphatic carbocycles. The van der Waals surface area contributed by atoms with Crippen LogP contribution in [0.3, 0.4) is 0 Å². The highest BCUT2D eigenvalue weighted by molar-refractivity contribution is 5.81. The minimum absolute atomic E-state index is 0.0372. The lowest BCUT2D eigenvalue weighted by molar-refractivity contribution is -0.162. The van der Waals surface area contributed by atoms with Gasteiger partial charge in [0.05, 0.1) is 19.3 Å². The fourth-order valence-corrected chi connectivity index (χ4v) is 1.27. The number of aliphatic hydroxyl groups is 3. The SMILES string of the molecule is C=CC(=O)OCCCCOCC(O)COC(=O)C(O)C(C)O. The van der Waals surface area contributed by atoms with Crippen LogP contribution in [0, 0.1) is 0 Å². The third-order valence-electron chi connectivity index (χ3n) is 2.52. The van der Waals surface area contributed by atoms with Gasteiger partial charge in [-0.1, -0.05) is 6.58 Å². The summed E-state index contributed by atoms with van der Waals surface area (Å²) in [5, 5.41) is 27.7. The van der Waals surface area contributed by atoms with E-state index in [4.69, 9.17) is 14.6 Å². The first-order valence-corrected chi connectivity index (χ1v) is 6.96. The predicted molar refractivity (Wildman–Crippen MR) is 75.9 cm³/mol. The van der Waals surface area contributed by atoms with Crippen molar-refractivity contribution in [2.45, 2.75) is 38.1 Å². The van der Waals surface area contributed by atoms with Gasteiger partial charge < -0.3 is 29.5 Å². The van der Waals surface area contributed by atoms with E-state index in [0.29, 0.717) is 19.4 Å². The number of rotatable bonds is 12. The Kier molecular flexibility index (Phi) is 11.3. The number of hydrogen-bond donors (Lipinski definition) is 3. The second-order valence-electron chi connectivity index (χ2n) is 4.62. The van der Waals surface area contributed by atoms with Gasteiger partial charge in [0.15, 0.2) is 6.10 Å². The molecule has 0 saturated carbocycles. The maximum absolute atomic E-state index is 11.2. The van der Waals surface area contributed by atoms with Crippen LogP contribution < -0.4 is 0 Å². The van der Waals surface area contributed by atoms with Crippen LogP contribution in [0.2, 0.25) is 0 Å². The summed E-state index contributed by atoms with van der Waals surface area (Å²) in [5.74, 6) is -1.48. The lowest BCUT2D eigenvalue weighted by atomic mass is 10.2. The van der Waals surface area contributed by atoms with Crippen LogP contribution in [0.4, 0.5) is 0 Å². The van der Waals surface area contributed by atoms with Crippen LogP contribution in [0.1, 0.15) is 19.8 Å². The van der Waals surface area contributed by atoms with E-state index in [0.717, 1.165) is 6.08 Å². The Morgan fingerprint density at radius 2 is 1.73 bits per heavy atom. The molecule has 0 rings (SSSR count). The maximum atomic E-state index is 11.2. The van der Waals surface area contributed by atoms with Crippen molar-refractivity contribution in [3.63, 3.8) is 0 Å². The van der Waals surface area contributed by atoms with Gasteiger partial charge in [-0.2, -0.15) is 0 Å². The van der Waals surface area contributed by atoms with Gasteiger partial charge in [-0.15, -0.1) is 0 Å². The van der Waals surface area contributed by atoms with Gasteiger partial charge >= 0.3 is 11.9 Å². The second kappa shape index (κ2) is 12.1. The summed E-state index contributed by atoms with van der Waals surface area (Å²) in [4.78, 5) is 21.9. The molecular weight excluding hydrogens is 296 g/mol. The molecule has 8 heteroatoms. The topological polar surface area (TPSA) is 123 Å². The quantitative estimate of drug-likeness (QED) is 0.242. The summed E-state index contributed by atoms with van der Waals surface area (Å²) < 4.78 is 14.5. The molecule has 22 heavy (non-hydrogen) atoms. The first kappa shape index (κ1) is 20.5. The Hall–Kier alpha value is -1.48. The van der Waals surface area contributed by atoms with Crippen molar-refractivity contribution in [1.29, 1.82) is 0 Å². The van der Waals surface area contributed by atoms with Crippen LogP contribution in [-0.4, -0.2) is 72.0 Å². The highest BCUT2D eigenvalue weighted by Crippen LogP contribution is 1.98. The van der Waals surface area contributed by atoms with Crippen molar-refractivity contribution < 1.29 is 39.1 Å². The van der Waals surface area contributed by atoms with E-state index in [1.165, 1.54) is 6.92 Å². The number of ether oxygens (including phenoxy) is 3. The van der Waals surface area contributed by atoms with Crippen LogP contribution >= 0.6 is 0 Å². The Bertz CT molecular complexity index is 342. The molecule has 0 bridgehead atoms. The minimum atomic E-state index is -1.63. The van der Waals surface area contributed by atoms with E-state index in [2.05, 4.69) is 11.3 Å². The Morgan fingerprint density at radius 1 is 1.09 bits per heavy atom. The van der Waals surface area contributed by atoms with Crippen LogP contribution in [-0.2, 0) is 23.8 Å².